The maximum atomic E-state index is 5.10. The van der Waals surface area contributed by atoms with Crippen molar-refractivity contribution in [2.45, 2.75) is 93.2 Å². The molecule has 0 aliphatic heterocycles. The first kappa shape index (κ1) is 40.7. The van der Waals surface area contributed by atoms with Crippen LogP contribution in [0.4, 0.5) is 11.4 Å². The zero-order valence-electron chi connectivity index (χ0n) is 28.8. The van der Waals surface area contributed by atoms with E-state index in [0.29, 0.717) is 0 Å². The summed E-state index contributed by atoms with van der Waals surface area (Å²) in [7, 11) is 7.00. The molecule has 1 fully saturated rings. The van der Waals surface area contributed by atoms with E-state index in [1.54, 1.807) is 28.2 Å². The number of hydrogen-bond acceptors (Lipinski definition) is 2. The molecule has 6 nitrogen and oxygen atoms in total. The molecule has 1 aliphatic rings. The van der Waals surface area contributed by atoms with Gasteiger partial charge in [-0.15, -0.1) is 12.1 Å². The molecule has 232 valence electrons. The van der Waals surface area contributed by atoms with Crippen LogP contribution in [0.3, 0.4) is 0 Å². The molecule has 2 aromatic rings. The van der Waals surface area contributed by atoms with Crippen LogP contribution in [0.25, 0.3) is 21.3 Å². The van der Waals surface area contributed by atoms with Gasteiger partial charge in [0, 0.05) is 11.4 Å². The van der Waals surface area contributed by atoms with Gasteiger partial charge in [0.2, 0.25) is 0 Å². The molecule has 0 bridgehead atoms. The van der Waals surface area contributed by atoms with Crippen molar-refractivity contribution < 1.29 is 26.2 Å². The van der Waals surface area contributed by atoms with E-state index in [-0.39, 0.29) is 38.3 Å². The van der Waals surface area contributed by atoms with Gasteiger partial charge in [0.05, 0.1) is 11.4 Å². The van der Waals surface area contributed by atoms with Gasteiger partial charge >= 0.3 is 26.2 Å². The monoisotopic (exact) mass is 660 g/mol. The Morgan fingerprint density at radius 1 is 0.605 bits per heavy atom. The average molecular weight is 662 g/mol. The van der Waals surface area contributed by atoms with Crippen molar-refractivity contribution in [1.82, 2.24) is 0 Å². The van der Waals surface area contributed by atoms with E-state index in [0.717, 1.165) is 47.0 Å². The number of rotatable bonds is 8. The smallest absolute Gasteiger partial charge is 0.686 e. The third kappa shape index (κ3) is 15.3. The second kappa shape index (κ2) is 22.2. The molecule has 0 heterocycles. The molecule has 0 radical (unpaired) electrons. The normalized spacial score (nSPS) is 17.5. The molecule has 2 aromatic carbocycles. The first-order valence-corrected chi connectivity index (χ1v) is 14.9. The van der Waals surface area contributed by atoms with Crippen molar-refractivity contribution in [3.63, 3.8) is 0 Å². The minimum absolute atomic E-state index is 0. The largest absolute Gasteiger partial charge is 4.00 e. The maximum Gasteiger partial charge on any atom is 4.00 e. The summed E-state index contributed by atoms with van der Waals surface area (Å²) in [6.45, 7) is 16.7. The summed E-state index contributed by atoms with van der Waals surface area (Å²) in [6, 6.07) is 13.0. The first-order valence-electron chi connectivity index (χ1n) is 14.9. The van der Waals surface area contributed by atoms with Crippen molar-refractivity contribution in [2.75, 3.05) is 28.2 Å². The fourth-order valence-corrected chi connectivity index (χ4v) is 4.98. The Balaban J connectivity index is 0.00000232. The Bertz CT molecular complexity index is 1090. The SMILES string of the molecule is CC(/C=C(/C)[N-][C@H]1CCCC[C@@H]1[N-]/C(C)=C\C(C)=Nc1c(C)cccc1C)=Nc1c(C)cccc1C.C[N-]C.C[N-]C.[Zr+4]. The fourth-order valence-electron chi connectivity index (χ4n) is 4.98. The van der Waals surface area contributed by atoms with Crippen molar-refractivity contribution >= 4 is 22.8 Å². The molecule has 43 heavy (non-hydrogen) atoms. The Hall–Kier alpha value is -2.34. The number of hydrogen-bond donors (Lipinski definition) is 0. The van der Waals surface area contributed by atoms with E-state index >= 15 is 0 Å². The zero-order chi connectivity index (χ0) is 31.7. The molecular formula is C36H54N6Zr. The van der Waals surface area contributed by atoms with Crippen LogP contribution in [0.1, 0.15) is 75.6 Å². The Morgan fingerprint density at radius 3 is 1.16 bits per heavy atom. The molecule has 1 aliphatic carbocycles. The van der Waals surface area contributed by atoms with Gasteiger partial charge in [-0.1, -0.05) is 88.1 Å². The van der Waals surface area contributed by atoms with E-state index in [9.17, 15) is 0 Å². The van der Waals surface area contributed by atoms with Crippen molar-refractivity contribution in [3.05, 3.63) is 103 Å². The topological polar surface area (TPSA) is 81.1 Å². The third-order valence-electron chi connectivity index (χ3n) is 6.72. The van der Waals surface area contributed by atoms with E-state index in [4.69, 9.17) is 20.6 Å². The molecule has 1 saturated carbocycles. The van der Waals surface area contributed by atoms with Gasteiger partial charge in [-0.25, -0.2) is 0 Å². The molecule has 0 spiro atoms. The molecule has 7 heteroatoms. The second-order valence-corrected chi connectivity index (χ2v) is 11.1. The van der Waals surface area contributed by atoms with Gasteiger partial charge in [0.15, 0.2) is 0 Å². The predicted molar refractivity (Wildman–Crippen MR) is 188 cm³/mol. The van der Waals surface area contributed by atoms with Crippen LogP contribution in [0, 0.1) is 27.7 Å². The number of nitrogens with zero attached hydrogens (tertiary/aromatic N) is 6. The fraction of sp³-hybridized carbons (Fsp3) is 0.500. The number of aryl methyl sites for hydroxylation is 4. The van der Waals surface area contributed by atoms with Crippen molar-refractivity contribution in [1.29, 1.82) is 0 Å². The van der Waals surface area contributed by atoms with Crippen LogP contribution in [-0.4, -0.2) is 51.7 Å². The van der Waals surface area contributed by atoms with Crippen molar-refractivity contribution in [2.24, 2.45) is 9.98 Å². The first-order chi connectivity index (χ1) is 20.0. The zero-order valence-corrected chi connectivity index (χ0v) is 31.2. The quantitative estimate of drug-likeness (QED) is 0.252. The molecule has 2 atom stereocenters. The summed E-state index contributed by atoms with van der Waals surface area (Å²) in [5.41, 5.74) is 10.9. The van der Waals surface area contributed by atoms with Crippen LogP contribution in [0.5, 0.6) is 0 Å². The Labute approximate surface area is 282 Å². The molecule has 3 rings (SSSR count). The van der Waals surface area contributed by atoms with E-state index in [1.165, 1.54) is 35.1 Å². The Kier molecular flexibility index (Phi) is 21.0. The molecular weight excluding hydrogens is 608 g/mol. The minimum Gasteiger partial charge on any atom is -0.686 e. The van der Waals surface area contributed by atoms with Crippen LogP contribution >= 0.6 is 0 Å². The van der Waals surface area contributed by atoms with Gasteiger partial charge in [-0.05, 0) is 63.8 Å². The molecule has 0 unspecified atom stereocenters. The molecule has 0 aromatic heterocycles. The van der Waals surface area contributed by atoms with Gasteiger partial charge in [-0.3, -0.25) is 9.98 Å². The number of benzene rings is 2. The average Bonchev–Trinajstić information content (AvgIpc) is 2.90. The van der Waals surface area contributed by atoms with E-state index < -0.39 is 0 Å². The summed E-state index contributed by atoms with van der Waals surface area (Å²) >= 11 is 0. The molecule has 0 amide bonds. The van der Waals surface area contributed by atoms with Gasteiger partial charge < -0.3 is 21.3 Å². The van der Waals surface area contributed by atoms with Gasteiger partial charge in [0.25, 0.3) is 0 Å². The second-order valence-electron chi connectivity index (χ2n) is 11.1. The van der Waals surface area contributed by atoms with Gasteiger partial charge in [0.1, 0.15) is 0 Å². The van der Waals surface area contributed by atoms with Crippen molar-refractivity contribution in [3.8, 4) is 0 Å². The number of allylic oxidation sites excluding steroid dienone is 4. The van der Waals surface area contributed by atoms with E-state index in [2.05, 4.69) is 115 Å². The number of para-hydroxylation sites is 2. The van der Waals surface area contributed by atoms with Crippen LogP contribution in [0.2, 0.25) is 0 Å². The summed E-state index contributed by atoms with van der Waals surface area (Å²) in [5.74, 6) is 0. The minimum atomic E-state index is 0. The summed E-state index contributed by atoms with van der Waals surface area (Å²) < 4.78 is 0. The predicted octanol–water partition coefficient (Wildman–Crippen LogP) is 10.9. The Morgan fingerprint density at radius 2 is 0.884 bits per heavy atom. The maximum absolute atomic E-state index is 5.10. The molecule has 0 saturated heterocycles. The van der Waals surface area contributed by atoms with Crippen LogP contribution in [-0.2, 0) is 26.2 Å². The molecule has 0 N–H and O–H groups in total. The van der Waals surface area contributed by atoms with Crippen LogP contribution in [0.15, 0.2) is 69.9 Å². The summed E-state index contributed by atoms with van der Waals surface area (Å²) in [5, 5.41) is 17.2. The van der Waals surface area contributed by atoms with Gasteiger partial charge in [-0.2, -0.15) is 39.6 Å². The summed E-state index contributed by atoms with van der Waals surface area (Å²) in [4.78, 5) is 9.74. The standard InChI is InChI=1S/C32H42N4.2C2H6N.Zr/c1-21-13-11-14-22(2)31(21)35-27(7)19-25(5)33-29-17-9-10-18-30(29)34-26(6)20-28(8)36-32-23(3)15-12-16-24(32)4;2*1-3-2;/h11-16,19-20,29-30H,9-10,17-18H2,1-8H3;2*1-2H3;/q-2;2*-1;+4/b25-19-,26-20-,35-27?,36-28?;;;/t29-,30-;;;/m0.../s1. The van der Waals surface area contributed by atoms with Crippen LogP contribution < -0.4 is 0 Å². The number of aliphatic imine (C=N–C) groups is 2. The third-order valence-corrected chi connectivity index (χ3v) is 6.72. The van der Waals surface area contributed by atoms with E-state index in [1.807, 2.05) is 0 Å². The summed E-state index contributed by atoms with van der Waals surface area (Å²) in [6.07, 6.45) is 8.77.